The number of aryl methyl sites for hydroxylation is 1. The fourth-order valence-electron chi connectivity index (χ4n) is 3.27. The quantitative estimate of drug-likeness (QED) is 0.831. The van der Waals surface area contributed by atoms with Crippen molar-refractivity contribution >= 4 is 11.6 Å². The topological polar surface area (TPSA) is 51.1 Å². The SMILES string of the molecule is COc1ccc2c(c1)C1=NN(C(C)=O)CC1CC2.COc1ccccc1. The molecule has 5 nitrogen and oxygen atoms in total. The van der Waals surface area contributed by atoms with Crippen LogP contribution in [-0.4, -0.2) is 37.4 Å². The number of methoxy groups -OCH3 is 2. The van der Waals surface area contributed by atoms with Gasteiger partial charge in [-0.2, -0.15) is 5.10 Å². The first-order chi connectivity index (χ1) is 12.6. The summed E-state index contributed by atoms with van der Waals surface area (Å²) in [7, 11) is 3.33. The van der Waals surface area contributed by atoms with Gasteiger partial charge in [0, 0.05) is 18.4 Å². The third-order valence-electron chi connectivity index (χ3n) is 4.71. The Hall–Kier alpha value is -2.82. The van der Waals surface area contributed by atoms with Gasteiger partial charge in [-0.1, -0.05) is 24.3 Å². The molecule has 0 bridgehead atoms. The Labute approximate surface area is 154 Å². The molecule has 1 heterocycles. The van der Waals surface area contributed by atoms with Gasteiger partial charge in [-0.05, 0) is 42.7 Å². The highest BCUT2D eigenvalue weighted by Gasteiger charge is 2.33. The lowest BCUT2D eigenvalue weighted by atomic mass is 9.82. The second-order valence-corrected chi connectivity index (χ2v) is 6.36. The van der Waals surface area contributed by atoms with Crippen molar-refractivity contribution in [3.63, 3.8) is 0 Å². The van der Waals surface area contributed by atoms with E-state index in [0.717, 1.165) is 42.2 Å². The molecule has 136 valence electrons. The van der Waals surface area contributed by atoms with Gasteiger partial charge in [0.2, 0.25) is 5.91 Å². The maximum Gasteiger partial charge on any atom is 0.239 e. The minimum Gasteiger partial charge on any atom is -0.497 e. The third kappa shape index (κ3) is 3.87. The normalized spacial score (nSPS) is 17.3. The van der Waals surface area contributed by atoms with Crippen molar-refractivity contribution in [1.82, 2.24) is 5.01 Å². The molecule has 0 spiro atoms. The first-order valence-electron chi connectivity index (χ1n) is 8.75. The molecule has 2 aromatic rings. The standard InChI is InChI=1S/C14H16N2O2.C7H8O/c1-9(17)16-8-11-4-3-10-5-6-12(18-2)7-13(10)14(11)15-16;1-8-7-5-3-2-4-6-7/h5-7,11H,3-4,8H2,1-2H3;2-6H,1H3. The predicted octanol–water partition coefficient (Wildman–Crippen LogP) is 3.52. The highest BCUT2D eigenvalue weighted by atomic mass is 16.5. The molecule has 1 atom stereocenters. The molecular formula is C21H24N2O3. The molecule has 1 aliphatic heterocycles. The van der Waals surface area contributed by atoms with Gasteiger partial charge in [0.1, 0.15) is 11.5 Å². The summed E-state index contributed by atoms with van der Waals surface area (Å²) in [6, 6.07) is 15.8. The number of carbonyl (C=O) groups excluding carboxylic acids is 1. The Balaban J connectivity index is 0.000000206. The number of hydrazone groups is 1. The minimum absolute atomic E-state index is 0.0151. The van der Waals surface area contributed by atoms with Crippen molar-refractivity contribution in [1.29, 1.82) is 0 Å². The molecule has 1 unspecified atom stereocenters. The Morgan fingerprint density at radius 1 is 1.08 bits per heavy atom. The van der Waals surface area contributed by atoms with Crippen LogP contribution in [0.1, 0.15) is 24.5 Å². The number of fused-ring (bicyclic) bond motifs is 3. The maximum atomic E-state index is 11.4. The largest absolute Gasteiger partial charge is 0.497 e. The number of para-hydroxylation sites is 1. The van der Waals surface area contributed by atoms with Gasteiger partial charge in [-0.25, -0.2) is 5.01 Å². The fraction of sp³-hybridized carbons (Fsp3) is 0.333. The van der Waals surface area contributed by atoms with Gasteiger partial charge in [-0.3, -0.25) is 4.79 Å². The van der Waals surface area contributed by atoms with Crippen LogP contribution in [0.3, 0.4) is 0 Å². The van der Waals surface area contributed by atoms with Crippen LogP contribution in [-0.2, 0) is 11.2 Å². The monoisotopic (exact) mass is 352 g/mol. The van der Waals surface area contributed by atoms with Crippen molar-refractivity contribution in [3.05, 3.63) is 59.7 Å². The van der Waals surface area contributed by atoms with Crippen LogP contribution in [0.4, 0.5) is 0 Å². The fourth-order valence-corrected chi connectivity index (χ4v) is 3.27. The Morgan fingerprint density at radius 2 is 1.81 bits per heavy atom. The van der Waals surface area contributed by atoms with E-state index in [-0.39, 0.29) is 5.91 Å². The van der Waals surface area contributed by atoms with Gasteiger partial charge in [0.05, 0.1) is 26.5 Å². The van der Waals surface area contributed by atoms with Crippen LogP contribution >= 0.6 is 0 Å². The molecule has 0 saturated heterocycles. The number of hydrogen-bond acceptors (Lipinski definition) is 4. The van der Waals surface area contributed by atoms with E-state index in [4.69, 9.17) is 9.47 Å². The Bertz CT molecular complexity index is 802. The average molecular weight is 352 g/mol. The van der Waals surface area contributed by atoms with Crippen molar-refractivity contribution < 1.29 is 14.3 Å². The number of hydrogen-bond donors (Lipinski definition) is 0. The van der Waals surface area contributed by atoms with Gasteiger partial charge < -0.3 is 9.47 Å². The Morgan fingerprint density at radius 3 is 2.42 bits per heavy atom. The molecule has 1 amide bonds. The smallest absolute Gasteiger partial charge is 0.239 e. The molecule has 2 aromatic carbocycles. The summed E-state index contributed by atoms with van der Waals surface area (Å²) in [5.74, 6) is 2.15. The summed E-state index contributed by atoms with van der Waals surface area (Å²) >= 11 is 0. The van der Waals surface area contributed by atoms with E-state index in [1.54, 1.807) is 26.2 Å². The summed E-state index contributed by atoms with van der Waals surface area (Å²) in [5, 5.41) is 6.05. The number of benzene rings is 2. The van der Waals surface area contributed by atoms with E-state index in [9.17, 15) is 4.79 Å². The second-order valence-electron chi connectivity index (χ2n) is 6.36. The molecule has 26 heavy (non-hydrogen) atoms. The molecule has 0 N–H and O–H groups in total. The zero-order valence-electron chi connectivity index (χ0n) is 15.4. The lowest BCUT2D eigenvalue weighted by Gasteiger charge is -2.21. The van der Waals surface area contributed by atoms with E-state index in [2.05, 4.69) is 11.2 Å². The molecule has 0 saturated carbocycles. The van der Waals surface area contributed by atoms with Crippen LogP contribution in [0.5, 0.6) is 11.5 Å². The minimum atomic E-state index is 0.0151. The number of ether oxygens (including phenoxy) is 2. The van der Waals surface area contributed by atoms with Crippen LogP contribution < -0.4 is 9.47 Å². The van der Waals surface area contributed by atoms with E-state index in [1.807, 2.05) is 42.5 Å². The van der Waals surface area contributed by atoms with Crippen LogP contribution in [0.2, 0.25) is 0 Å². The lowest BCUT2D eigenvalue weighted by molar-refractivity contribution is -0.128. The lowest BCUT2D eigenvalue weighted by Crippen LogP contribution is -2.26. The van der Waals surface area contributed by atoms with Gasteiger partial charge in [-0.15, -0.1) is 0 Å². The zero-order chi connectivity index (χ0) is 18.5. The second kappa shape index (κ2) is 8.04. The van der Waals surface area contributed by atoms with Gasteiger partial charge >= 0.3 is 0 Å². The van der Waals surface area contributed by atoms with Crippen LogP contribution in [0.15, 0.2) is 53.6 Å². The van der Waals surface area contributed by atoms with E-state index in [0.29, 0.717) is 5.92 Å². The average Bonchev–Trinajstić information content (AvgIpc) is 3.14. The Kier molecular flexibility index (Phi) is 5.56. The summed E-state index contributed by atoms with van der Waals surface area (Å²) in [5.41, 5.74) is 3.50. The number of rotatable bonds is 2. The van der Waals surface area contributed by atoms with Crippen molar-refractivity contribution in [3.8, 4) is 11.5 Å². The van der Waals surface area contributed by atoms with Crippen LogP contribution in [0.25, 0.3) is 0 Å². The number of carbonyl (C=O) groups is 1. The first-order valence-corrected chi connectivity index (χ1v) is 8.75. The molecule has 0 radical (unpaired) electrons. The molecule has 2 aliphatic rings. The van der Waals surface area contributed by atoms with E-state index >= 15 is 0 Å². The van der Waals surface area contributed by atoms with Crippen molar-refractivity contribution in [2.24, 2.45) is 11.0 Å². The van der Waals surface area contributed by atoms with E-state index in [1.165, 1.54) is 5.56 Å². The molecule has 5 heteroatoms. The molecule has 0 aromatic heterocycles. The number of amides is 1. The van der Waals surface area contributed by atoms with Crippen LogP contribution in [0, 0.1) is 5.92 Å². The summed E-state index contributed by atoms with van der Waals surface area (Å²) in [6.07, 6.45) is 2.12. The number of nitrogens with zero attached hydrogens (tertiary/aromatic N) is 2. The predicted molar refractivity (Wildman–Crippen MR) is 102 cm³/mol. The molecular weight excluding hydrogens is 328 g/mol. The summed E-state index contributed by atoms with van der Waals surface area (Å²) < 4.78 is 10.2. The molecule has 1 aliphatic carbocycles. The zero-order valence-corrected chi connectivity index (χ0v) is 15.4. The summed E-state index contributed by atoms with van der Waals surface area (Å²) in [4.78, 5) is 11.4. The highest BCUT2D eigenvalue weighted by molar-refractivity contribution is 6.06. The van der Waals surface area contributed by atoms with Gasteiger partial charge in [0.25, 0.3) is 0 Å². The van der Waals surface area contributed by atoms with Crippen molar-refractivity contribution in [2.75, 3.05) is 20.8 Å². The third-order valence-corrected chi connectivity index (χ3v) is 4.71. The van der Waals surface area contributed by atoms with Gasteiger partial charge in [0.15, 0.2) is 0 Å². The molecule has 0 fully saturated rings. The summed E-state index contributed by atoms with van der Waals surface area (Å²) in [6.45, 7) is 2.29. The van der Waals surface area contributed by atoms with Crippen molar-refractivity contribution in [2.45, 2.75) is 19.8 Å². The first kappa shape index (κ1) is 18.0. The van der Waals surface area contributed by atoms with E-state index < -0.39 is 0 Å². The molecule has 4 rings (SSSR count). The highest BCUT2D eigenvalue weighted by Crippen LogP contribution is 2.33. The maximum absolute atomic E-state index is 11.4.